The Labute approximate surface area is 129 Å². The third kappa shape index (κ3) is 4.14. The van der Waals surface area contributed by atoms with Gasteiger partial charge in [-0.05, 0) is 29.8 Å². The number of rotatable bonds is 6. The van der Waals surface area contributed by atoms with Crippen molar-refractivity contribution in [2.45, 2.75) is 12.3 Å². The zero-order valence-electron chi connectivity index (χ0n) is 11.8. The largest absolute Gasteiger partial charge is 0.497 e. The van der Waals surface area contributed by atoms with Crippen molar-refractivity contribution in [2.24, 2.45) is 0 Å². The van der Waals surface area contributed by atoms with Crippen LogP contribution in [0.2, 0.25) is 5.02 Å². The van der Waals surface area contributed by atoms with Crippen molar-refractivity contribution in [1.29, 1.82) is 5.26 Å². The summed E-state index contributed by atoms with van der Waals surface area (Å²) in [6.45, 7) is 0.438. The van der Waals surface area contributed by atoms with Crippen LogP contribution in [0.15, 0.2) is 48.5 Å². The Balaban J connectivity index is 1.94. The van der Waals surface area contributed by atoms with E-state index in [0.717, 1.165) is 11.3 Å². The molecule has 0 aliphatic rings. The van der Waals surface area contributed by atoms with Gasteiger partial charge in [0.05, 0.1) is 30.7 Å². The van der Waals surface area contributed by atoms with Gasteiger partial charge in [-0.2, -0.15) is 5.26 Å². The summed E-state index contributed by atoms with van der Waals surface area (Å²) in [7, 11) is 1.62. The van der Waals surface area contributed by atoms with Crippen molar-refractivity contribution < 1.29 is 9.47 Å². The summed E-state index contributed by atoms with van der Waals surface area (Å²) >= 11 is 6.02. The van der Waals surface area contributed by atoms with E-state index in [1.165, 1.54) is 0 Å². The van der Waals surface area contributed by atoms with Crippen molar-refractivity contribution in [3.8, 4) is 17.6 Å². The van der Waals surface area contributed by atoms with Crippen molar-refractivity contribution in [3.63, 3.8) is 0 Å². The molecule has 0 fully saturated rings. The molecule has 0 spiro atoms. The number of hydrogen-bond donors (Lipinski definition) is 0. The lowest BCUT2D eigenvalue weighted by Crippen LogP contribution is -2.04. The van der Waals surface area contributed by atoms with Gasteiger partial charge in [0.15, 0.2) is 0 Å². The molecule has 4 heteroatoms. The van der Waals surface area contributed by atoms with E-state index < -0.39 is 0 Å². The summed E-state index contributed by atoms with van der Waals surface area (Å²) in [5.74, 6) is 1.21. The van der Waals surface area contributed by atoms with Crippen LogP contribution in [0.5, 0.6) is 11.5 Å². The molecular weight excluding hydrogens is 286 g/mol. The van der Waals surface area contributed by atoms with Gasteiger partial charge in [-0.25, -0.2) is 0 Å². The summed E-state index contributed by atoms with van der Waals surface area (Å²) in [5.41, 5.74) is 0.959. The molecule has 0 aliphatic carbocycles. The minimum Gasteiger partial charge on any atom is -0.497 e. The van der Waals surface area contributed by atoms with E-state index in [2.05, 4.69) is 6.07 Å². The lowest BCUT2D eigenvalue weighted by Gasteiger charge is -2.12. The maximum Gasteiger partial charge on any atom is 0.137 e. The molecule has 2 rings (SSSR count). The highest BCUT2D eigenvalue weighted by Crippen LogP contribution is 2.25. The molecule has 0 radical (unpaired) electrons. The maximum absolute atomic E-state index is 9.29. The van der Waals surface area contributed by atoms with Gasteiger partial charge in [0.2, 0.25) is 0 Å². The molecule has 108 valence electrons. The van der Waals surface area contributed by atoms with Crippen LogP contribution in [0.1, 0.15) is 17.9 Å². The van der Waals surface area contributed by atoms with Gasteiger partial charge < -0.3 is 9.47 Å². The fourth-order valence-corrected chi connectivity index (χ4v) is 2.18. The Morgan fingerprint density at radius 2 is 1.86 bits per heavy atom. The zero-order chi connectivity index (χ0) is 15.1. The van der Waals surface area contributed by atoms with E-state index in [9.17, 15) is 5.26 Å². The molecule has 0 saturated carbocycles. The van der Waals surface area contributed by atoms with Gasteiger partial charge in [0.1, 0.15) is 11.5 Å². The van der Waals surface area contributed by atoms with Crippen molar-refractivity contribution in [2.75, 3.05) is 13.7 Å². The molecule has 0 aliphatic heterocycles. The van der Waals surface area contributed by atoms with Gasteiger partial charge in [-0.3, -0.25) is 0 Å². The molecule has 0 bridgehead atoms. The number of hydrogen-bond acceptors (Lipinski definition) is 3. The molecule has 0 aromatic heterocycles. The number of para-hydroxylation sites is 1. The van der Waals surface area contributed by atoms with Crippen LogP contribution in [-0.4, -0.2) is 13.7 Å². The fraction of sp³-hybridized carbons (Fsp3) is 0.235. The molecule has 2 aromatic carbocycles. The Kier molecular flexibility index (Phi) is 5.48. The van der Waals surface area contributed by atoms with E-state index in [1.807, 2.05) is 42.5 Å². The predicted molar refractivity (Wildman–Crippen MR) is 82.9 cm³/mol. The Morgan fingerprint density at radius 3 is 2.48 bits per heavy atom. The zero-order valence-corrected chi connectivity index (χ0v) is 12.5. The highest BCUT2D eigenvalue weighted by Gasteiger charge is 2.11. The Hall–Kier alpha value is -2.18. The van der Waals surface area contributed by atoms with E-state index >= 15 is 0 Å². The highest BCUT2D eigenvalue weighted by molar-refractivity contribution is 6.32. The van der Waals surface area contributed by atoms with Gasteiger partial charge in [0, 0.05) is 6.42 Å². The van der Waals surface area contributed by atoms with E-state index in [1.54, 1.807) is 13.2 Å². The molecule has 0 N–H and O–H groups in total. The van der Waals surface area contributed by atoms with Gasteiger partial charge >= 0.3 is 0 Å². The average Bonchev–Trinajstić information content (AvgIpc) is 2.53. The second-order valence-corrected chi connectivity index (χ2v) is 4.93. The number of nitriles is 1. The number of nitrogens with zero attached hydrogens (tertiary/aromatic N) is 1. The van der Waals surface area contributed by atoms with E-state index in [-0.39, 0.29) is 5.92 Å². The smallest absolute Gasteiger partial charge is 0.137 e. The van der Waals surface area contributed by atoms with E-state index in [4.69, 9.17) is 21.1 Å². The number of methoxy groups -OCH3 is 1. The lowest BCUT2D eigenvalue weighted by atomic mass is 9.97. The topological polar surface area (TPSA) is 42.2 Å². The maximum atomic E-state index is 9.29. The molecule has 1 unspecified atom stereocenters. The van der Waals surface area contributed by atoms with Crippen molar-refractivity contribution in [3.05, 3.63) is 59.1 Å². The van der Waals surface area contributed by atoms with Crippen LogP contribution in [0.3, 0.4) is 0 Å². The van der Waals surface area contributed by atoms with Crippen molar-refractivity contribution >= 4 is 11.6 Å². The summed E-state index contributed by atoms with van der Waals surface area (Å²) in [5, 5.41) is 9.87. The number of benzene rings is 2. The standard InChI is InChI=1S/C17H16ClNO2/c1-20-15-8-6-13(7-9-15)14(12-19)10-11-21-17-5-3-2-4-16(17)18/h2-9,14H,10-11H2,1H3. The monoisotopic (exact) mass is 301 g/mol. The quantitative estimate of drug-likeness (QED) is 0.793. The third-order valence-corrected chi connectivity index (χ3v) is 3.49. The first kappa shape index (κ1) is 15.2. The van der Waals surface area contributed by atoms with Crippen LogP contribution in [0.25, 0.3) is 0 Å². The first-order valence-corrected chi connectivity index (χ1v) is 7.03. The Bertz CT molecular complexity index is 619. The van der Waals surface area contributed by atoms with Crippen LogP contribution in [-0.2, 0) is 0 Å². The summed E-state index contributed by atoms with van der Waals surface area (Å²) in [4.78, 5) is 0. The van der Waals surface area contributed by atoms with Crippen LogP contribution < -0.4 is 9.47 Å². The molecule has 0 heterocycles. The minimum atomic E-state index is -0.210. The van der Waals surface area contributed by atoms with E-state index in [0.29, 0.717) is 23.8 Å². The van der Waals surface area contributed by atoms with Crippen LogP contribution >= 0.6 is 11.6 Å². The first-order valence-electron chi connectivity index (χ1n) is 6.65. The molecule has 0 saturated heterocycles. The average molecular weight is 302 g/mol. The molecule has 3 nitrogen and oxygen atoms in total. The highest BCUT2D eigenvalue weighted by atomic mass is 35.5. The molecular formula is C17H16ClNO2. The fourth-order valence-electron chi connectivity index (χ4n) is 1.99. The molecule has 2 aromatic rings. The molecule has 1 atom stereocenters. The second kappa shape index (κ2) is 7.56. The normalized spacial score (nSPS) is 11.5. The Morgan fingerprint density at radius 1 is 1.14 bits per heavy atom. The van der Waals surface area contributed by atoms with Gasteiger partial charge in [-0.1, -0.05) is 35.9 Å². The summed E-state index contributed by atoms with van der Waals surface area (Å²) < 4.78 is 10.7. The number of halogens is 1. The van der Waals surface area contributed by atoms with Crippen molar-refractivity contribution in [1.82, 2.24) is 0 Å². The SMILES string of the molecule is COc1ccc(C(C#N)CCOc2ccccc2Cl)cc1. The van der Waals surface area contributed by atoms with Gasteiger partial charge in [0.25, 0.3) is 0 Å². The van der Waals surface area contributed by atoms with Gasteiger partial charge in [-0.15, -0.1) is 0 Å². The second-order valence-electron chi connectivity index (χ2n) is 4.52. The minimum absolute atomic E-state index is 0.210. The molecule has 21 heavy (non-hydrogen) atoms. The predicted octanol–water partition coefficient (Wildman–Crippen LogP) is 4.42. The third-order valence-electron chi connectivity index (χ3n) is 3.17. The van der Waals surface area contributed by atoms with Crippen LogP contribution in [0, 0.1) is 11.3 Å². The molecule has 0 amide bonds. The summed E-state index contributed by atoms with van der Waals surface area (Å²) in [6, 6.07) is 17.1. The number of ether oxygens (including phenoxy) is 2. The lowest BCUT2D eigenvalue weighted by molar-refractivity contribution is 0.306. The summed E-state index contributed by atoms with van der Waals surface area (Å²) in [6.07, 6.45) is 0.605. The first-order chi connectivity index (χ1) is 10.2. The van der Waals surface area contributed by atoms with Crippen LogP contribution in [0.4, 0.5) is 0 Å².